The van der Waals surface area contributed by atoms with Gasteiger partial charge in [-0.3, -0.25) is 4.90 Å². The number of aromatic nitrogens is 3. The quantitative estimate of drug-likeness (QED) is 0.597. The van der Waals surface area contributed by atoms with E-state index in [1.165, 1.54) is 32.4 Å². The van der Waals surface area contributed by atoms with Crippen LogP contribution >= 0.6 is 0 Å². The Morgan fingerprint density at radius 3 is 2.47 bits per heavy atom. The van der Waals surface area contributed by atoms with Crippen LogP contribution < -0.4 is 5.73 Å². The second-order valence-corrected chi connectivity index (χ2v) is 8.88. The van der Waals surface area contributed by atoms with Crippen LogP contribution in [0, 0.1) is 11.8 Å². The van der Waals surface area contributed by atoms with E-state index in [0.29, 0.717) is 0 Å². The maximum Gasteiger partial charge on any atom is 0.431 e. The molecule has 2 aromatic heterocycles. The van der Waals surface area contributed by atoms with Gasteiger partial charge in [-0.15, -0.1) is 0 Å². The Balaban J connectivity index is 0.000000140. The highest BCUT2D eigenvalue weighted by molar-refractivity contribution is 5.86. The van der Waals surface area contributed by atoms with E-state index in [2.05, 4.69) is 44.1 Å². The normalized spacial score (nSPS) is 25.3. The van der Waals surface area contributed by atoms with Gasteiger partial charge in [-0.05, 0) is 36.5 Å². The van der Waals surface area contributed by atoms with Crippen LogP contribution in [0.3, 0.4) is 0 Å². The molecular formula is C23H26F3N5O. The van der Waals surface area contributed by atoms with E-state index in [-0.39, 0.29) is 16.9 Å². The Hall–Kier alpha value is -2.65. The van der Waals surface area contributed by atoms with E-state index in [1.807, 2.05) is 0 Å². The Bertz CT molecular complexity index is 1090. The summed E-state index contributed by atoms with van der Waals surface area (Å²) >= 11 is 0. The summed E-state index contributed by atoms with van der Waals surface area (Å²) in [4.78, 5) is 12.1. The number of H-pyrrole nitrogens is 1. The summed E-state index contributed by atoms with van der Waals surface area (Å²) in [5.41, 5.74) is 7.75. The highest BCUT2D eigenvalue weighted by Crippen LogP contribution is 2.34. The third-order valence-electron chi connectivity index (χ3n) is 6.87. The van der Waals surface area contributed by atoms with Crippen molar-refractivity contribution in [2.45, 2.75) is 31.5 Å². The molecule has 6 rings (SSSR count). The maximum absolute atomic E-state index is 12.2. The van der Waals surface area contributed by atoms with Gasteiger partial charge in [-0.1, -0.05) is 24.3 Å². The van der Waals surface area contributed by atoms with Gasteiger partial charge in [0.2, 0.25) is 0 Å². The number of aryl methyl sites for hydroxylation is 1. The number of hydrogen-bond donors (Lipinski definition) is 2. The van der Waals surface area contributed by atoms with Gasteiger partial charge in [0.1, 0.15) is 23.5 Å². The monoisotopic (exact) mass is 445 g/mol. The number of nitrogen functional groups attached to an aromatic ring is 1. The van der Waals surface area contributed by atoms with Crippen molar-refractivity contribution < 1.29 is 17.9 Å². The van der Waals surface area contributed by atoms with Crippen molar-refractivity contribution in [1.82, 2.24) is 19.9 Å². The van der Waals surface area contributed by atoms with Crippen LogP contribution in [0.1, 0.15) is 23.2 Å². The van der Waals surface area contributed by atoms with Crippen molar-refractivity contribution in [3.8, 4) is 0 Å². The number of likely N-dealkylation sites (tertiary alicyclic amines) is 1. The number of rotatable bonds is 1. The maximum atomic E-state index is 12.2. The Morgan fingerprint density at radius 1 is 1.06 bits per heavy atom. The number of ether oxygens (including phenoxy) is 1. The van der Waals surface area contributed by atoms with E-state index in [9.17, 15) is 13.2 Å². The minimum atomic E-state index is -4.42. The van der Waals surface area contributed by atoms with Crippen molar-refractivity contribution in [3.05, 3.63) is 53.5 Å². The molecule has 0 bridgehead atoms. The second kappa shape index (κ2) is 8.37. The minimum Gasteiger partial charge on any atom is -0.383 e. The van der Waals surface area contributed by atoms with E-state index >= 15 is 0 Å². The average Bonchev–Trinajstić information content (AvgIpc) is 3.48. The van der Waals surface area contributed by atoms with Crippen LogP contribution in [0.15, 0.2) is 36.7 Å². The molecule has 2 saturated heterocycles. The molecule has 170 valence electrons. The zero-order valence-corrected chi connectivity index (χ0v) is 17.6. The van der Waals surface area contributed by atoms with Gasteiger partial charge < -0.3 is 15.5 Å². The molecule has 2 fully saturated rings. The van der Waals surface area contributed by atoms with Crippen LogP contribution in [-0.2, 0) is 23.8 Å². The molecule has 0 spiro atoms. The summed E-state index contributed by atoms with van der Waals surface area (Å²) < 4.78 is 42.3. The Kier molecular flexibility index (Phi) is 5.54. The molecule has 9 heteroatoms. The molecular weight excluding hydrogens is 419 g/mol. The summed E-state index contributed by atoms with van der Waals surface area (Å²) in [6.07, 6.45) is 0.554. The van der Waals surface area contributed by atoms with Crippen LogP contribution in [0.2, 0.25) is 0 Å². The highest BCUT2D eigenvalue weighted by Gasteiger charge is 2.40. The van der Waals surface area contributed by atoms with E-state index < -0.39 is 11.9 Å². The lowest BCUT2D eigenvalue weighted by atomic mass is 9.87. The van der Waals surface area contributed by atoms with Gasteiger partial charge in [-0.25, -0.2) is 9.97 Å². The number of nitrogens with one attached hydrogen (secondary N) is 1. The molecule has 3 atom stereocenters. The molecule has 3 aliphatic rings. The first-order chi connectivity index (χ1) is 15.4. The topological polar surface area (TPSA) is 80.1 Å². The van der Waals surface area contributed by atoms with Crippen LogP contribution in [0.5, 0.6) is 0 Å². The fraction of sp³-hybridized carbons (Fsp3) is 0.478. The first-order valence-corrected chi connectivity index (χ1v) is 10.9. The first kappa shape index (κ1) is 21.2. The lowest BCUT2D eigenvalue weighted by Gasteiger charge is -2.32. The standard InChI is InChI=1S/C16H21NO.C7H5F3N4/c1-2-4-13-7-16(6-5-12(13)3-1)17-8-14-10-18-11-15(14)9-17;8-7(9,10)4-1-3-5(11)12-2-13-6(3)14-4/h1-4,14-16H,5-11H2;1-2H,(H3,11,12,13,14)/t14-,15+,16?;. The van der Waals surface area contributed by atoms with Gasteiger partial charge in [0, 0.05) is 31.0 Å². The van der Waals surface area contributed by atoms with Crippen molar-refractivity contribution in [1.29, 1.82) is 0 Å². The van der Waals surface area contributed by atoms with E-state index in [4.69, 9.17) is 10.5 Å². The number of aromatic amines is 1. The predicted octanol–water partition coefficient (Wildman–Crippen LogP) is 3.68. The molecule has 4 heterocycles. The molecule has 3 aromatic rings. The van der Waals surface area contributed by atoms with Crippen LogP contribution in [-0.4, -0.2) is 52.2 Å². The molecule has 1 aliphatic carbocycles. The largest absolute Gasteiger partial charge is 0.431 e. The van der Waals surface area contributed by atoms with Crippen molar-refractivity contribution in [2.24, 2.45) is 11.8 Å². The molecule has 1 unspecified atom stereocenters. The molecule has 0 radical (unpaired) electrons. The molecule has 6 nitrogen and oxygen atoms in total. The fourth-order valence-corrected chi connectivity index (χ4v) is 5.12. The summed E-state index contributed by atoms with van der Waals surface area (Å²) in [6.45, 7) is 4.56. The van der Waals surface area contributed by atoms with E-state index in [0.717, 1.165) is 43.5 Å². The van der Waals surface area contributed by atoms with Crippen LogP contribution in [0.4, 0.5) is 19.0 Å². The average molecular weight is 445 g/mol. The Morgan fingerprint density at radius 2 is 1.78 bits per heavy atom. The van der Waals surface area contributed by atoms with Gasteiger partial charge in [-0.2, -0.15) is 13.2 Å². The molecule has 0 amide bonds. The third kappa shape index (κ3) is 4.19. The van der Waals surface area contributed by atoms with Gasteiger partial charge in [0.05, 0.1) is 18.6 Å². The summed E-state index contributed by atoms with van der Waals surface area (Å²) in [5.74, 6) is 1.67. The Labute approximate surface area is 184 Å². The number of hydrogen-bond acceptors (Lipinski definition) is 5. The highest BCUT2D eigenvalue weighted by atomic mass is 19.4. The number of nitrogens with two attached hydrogens (primary N) is 1. The van der Waals surface area contributed by atoms with Gasteiger partial charge in [0.15, 0.2) is 0 Å². The number of alkyl halides is 3. The minimum absolute atomic E-state index is 0.0294. The lowest BCUT2D eigenvalue weighted by Crippen LogP contribution is -2.38. The molecule has 32 heavy (non-hydrogen) atoms. The predicted molar refractivity (Wildman–Crippen MR) is 115 cm³/mol. The molecule has 3 N–H and O–H groups in total. The summed E-state index contributed by atoms with van der Waals surface area (Å²) in [7, 11) is 0. The lowest BCUT2D eigenvalue weighted by molar-refractivity contribution is -0.140. The van der Waals surface area contributed by atoms with Crippen LogP contribution in [0.25, 0.3) is 11.0 Å². The fourth-order valence-electron chi connectivity index (χ4n) is 5.12. The number of nitrogens with zero attached hydrogens (tertiary/aromatic N) is 3. The van der Waals surface area contributed by atoms with Crippen molar-refractivity contribution in [3.63, 3.8) is 0 Å². The SMILES string of the molecule is Nc1ncnc2[nH]c(C(F)(F)F)cc12.c1ccc2c(c1)CCC(N1C[C@H]3COC[C@H]3C1)C2. The molecule has 0 saturated carbocycles. The number of anilines is 1. The number of halogens is 3. The summed E-state index contributed by atoms with van der Waals surface area (Å²) in [5, 5.41) is 0.180. The molecule has 2 aliphatic heterocycles. The third-order valence-corrected chi connectivity index (χ3v) is 6.87. The first-order valence-electron chi connectivity index (χ1n) is 10.9. The van der Waals surface area contributed by atoms with Crippen molar-refractivity contribution in [2.75, 3.05) is 32.0 Å². The van der Waals surface area contributed by atoms with Crippen molar-refractivity contribution >= 4 is 16.9 Å². The second-order valence-electron chi connectivity index (χ2n) is 8.88. The number of benzene rings is 1. The smallest absolute Gasteiger partial charge is 0.383 e. The number of fused-ring (bicyclic) bond motifs is 3. The van der Waals surface area contributed by atoms with Gasteiger partial charge >= 0.3 is 6.18 Å². The van der Waals surface area contributed by atoms with Gasteiger partial charge in [0.25, 0.3) is 0 Å². The molecule has 1 aromatic carbocycles. The zero-order valence-electron chi connectivity index (χ0n) is 17.6. The summed E-state index contributed by atoms with van der Waals surface area (Å²) in [6, 6.07) is 10.7. The van der Waals surface area contributed by atoms with E-state index in [1.54, 1.807) is 11.1 Å². The zero-order chi connectivity index (χ0) is 22.3.